The molecule has 1 saturated heterocycles. The normalized spacial score (nSPS) is 17.5. The second-order valence-corrected chi connectivity index (χ2v) is 4.94. The van der Waals surface area contributed by atoms with Crippen LogP contribution in [0.2, 0.25) is 0 Å². The van der Waals surface area contributed by atoms with Crippen LogP contribution in [-0.2, 0) is 0 Å². The number of nitrogens with two attached hydrogens (primary N) is 1. The van der Waals surface area contributed by atoms with E-state index in [9.17, 15) is 4.79 Å². The van der Waals surface area contributed by atoms with Gasteiger partial charge in [0, 0.05) is 19.1 Å². The molecule has 19 heavy (non-hydrogen) atoms. The minimum Gasteiger partial charge on any atom is -0.379 e. The van der Waals surface area contributed by atoms with Crippen molar-refractivity contribution >= 4 is 11.7 Å². The average Bonchev–Trinajstić information content (AvgIpc) is 2.84. The maximum atomic E-state index is 11.9. The first-order valence-corrected chi connectivity index (χ1v) is 6.82. The fourth-order valence-electron chi connectivity index (χ4n) is 2.29. The number of nitrogens with one attached hydrogen (secondary N) is 1. The third kappa shape index (κ3) is 3.66. The van der Waals surface area contributed by atoms with E-state index in [1.807, 2.05) is 0 Å². The van der Waals surface area contributed by atoms with Gasteiger partial charge in [-0.25, -0.2) is 4.63 Å². The highest BCUT2D eigenvalue weighted by Gasteiger charge is 2.23. The van der Waals surface area contributed by atoms with Crippen LogP contribution in [0.1, 0.15) is 43.1 Å². The summed E-state index contributed by atoms with van der Waals surface area (Å²) in [7, 11) is 0. The Morgan fingerprint density at radius 2 is 2.21 bits per heavy atom. The number of aromatic nitrogens is 2. The van der Waals surface area contributed by atoms with Crippen LogP contribution in [0.15, 0.2) is 4.63 Å². The Hall–Kier alpha value is -1.63. The van der Waals surface area contributed by atoms with Gasteiger partial charge in [-0.3, -0.25) is 4.79 Å². The lowest BCUT2D eigenvalue weighted by atomic mass is 10.0. The van der Waals surface area contributed by atoms with Gasteiger partial charge in [0.25, 0.3) is 5.91 Å². The van der Waals surface area contributed by atoms with E-state index >= 15 is 0 Å². The van der Waals surface area contributed by atoms with E-state index in [4.69, 9.17) is 5.73 Å². The number of nitrogen functional groups attached to an aromatic ring is 1. The molecule has 7 heteroatoms. The Labute approximate surface area is 112 Å². The molecular weight excluding hydrogens is 246 g/mol. The molecule has 0 spiro atoms. The van der Waals surface area contributed by atoms with Crippen LogP contribution in [0.4, 0.5) is 5.82 Å². The third-order valence-corrected chi connectivity index (χ3v) is 3.48. The fourth-order valence-corrected chi connectivity index (χ4v) is 2.29. The molecule has 0 radical (unpaired) electrons. The second kappa shape index (κ2) is 6.51. The van der Waals surface area contributed by atoms with Crippen molar-refractivity contribution in [3.63, 3.8) is 0 Å². The molecular formula is C12H21N5O2. The molecule has 1 aromatic rings. The van der Waals surface area contributed by atoms with E-state index in [0.29, 0.717) is 0 Å². The standard InChI is InChI=1S/C12H21N5O2/c1-2-3-6-17-7-4-9(5-8-17)14-12(18)10-11(13)16-19-15-10/h9H,2-8H2,1H3,(H2,13,16)(H,14,18). The minimum absolute atomic E-state index is 0.0397. The van der Waals surface area contributed by atoms with E-state index < -0.39 is 0 Å². The SMILES string of the molecule is CCCCN1CCC(NC(=O)c2nonc2N)CC1. The van der Waals surface area contributed by atoms with Crippen LogP contribution in [0.3, 0.4) is 0 Å². The van der Waals surface area contributed by atoms with E-state index in [-0.39, 0.29) is 23.5 Å². The largest absolute Gasteiger partial charge is 0.379 e. The van der Waals surface area contributed by atoms with Crippen molar-refractivity contribution < 1.29 is 9.42 Å². The number of rotatable bonds is 5. The van der Waals surface area contributed by atoms with Crippen molar-refractivity contribution in [1.82, 2.24) is 20.5 Å². The zero-order chi connectivity index (χ0) is 13.7. The molecule has 1 aliphatic heterocycles. The van der Waals surface area contributed by atoms with Crippen LogP contribution in [0.25, 0.3) is 0 Å². The van der Waals surface area contributed by atoms with Crippen molar-refractivity contribution in [1.29, 1.82) is 0 Å². The first-order valence-electron chi connectivity index (χ1n) is 6.82. The molecule has 0 saturated carbocycles. The lowest BCUT2D eigenvalue weighted by Crippen LogP contribution is -2.45. The lowest BCUT2D eigenvalue weighted by Gasteiger charge is -2.32. The Morgan fingerprint density at radius 3 is 2.79 bits per heavy atom. The number of carbonyl (C=O) groups excluding carboxylic acids is 1. The Morgan fingerprint density at radius 1 is 1.47 bits per heavy atom. The zero-order valence-electron chi connectivity index (χ0n) is 11.3. The highest BCUT2D eigenvalue weighted by Crippen LogP contribution is 2.12. The maximum Gasteiger partial charge on any atom is 0.277 e. The number of hydrogen-bond donors (Lipinski definition) is 2. The summed E-state index contributed by atoms with van der Waals surface area (Å²) < 4.78 is 4.42. The van der Waals surface area contributed by atoms with E-state index in [0.717, 1.165) is 32.5 Å². The summed E-state index contributed by atoms with van der Waals surface area (Å²) in [5.41, 5.74) is 5.56. The summed E-state index contributed by atoms with van der Waals surface area (Å²) in [4.78, 5) is 14.3. The molecule has 0 bridgehead atoms. The number of piperidine rings is 1. The van der Waals surface area contributed by atoms with E-state index in [2.05, 4.69) is 32.1 Å². The highest BCUT2D eigenvalue weighted by atomic mass is 16.6. The molecule has 0 aromatic carbocycles. The van der Waals surface area contributed by atoms with Crippen molar-refractivity contribution in [2.75, 3.05) is 25.4 Å². The van der Waals surface area contributed by atoms with Gasteiger partial charge >= 0.3 is 0 Å². The van der Waals surface area contributed by atoms with Crippen molar-refractivity contribution in [3.05, 3.63) is 5.69 Å². The Kier molecular flexibility index (Phi) is 4.73. The van der Waals surface area contributed by atoms with Crippen LogP contribution >= 0.6 is 0 Å². The molecule has 0 aliphatic carbocycles. The van der Waals surface area contributed by atoms with E-state index in [1.165, 1.54) is 12.8 Å². The quantitative estimate of drug-likeness (QED) is 0.812. The van der Waals surface area contributed by atoms with Gasteiger partial charge in [-0.15, -0.1) is 0 Å². The zero-order valence-corrected chi connectivity index (χ0v) is 11.3. The summed E-state index contributed by atoms with van der Waals surface area (Å²) in [5.74, 6) is -0.261. The molecule has 1 amide bonds. The minimum atomic E-state index is -0.300. The summed E-state index contributed by atoms with van der Waals surface area (Å²) in [5, 5.41) is 9.83. The Bertz CT molecular complexity index is 412. The number of carbonyl (C=O) groups is 1. The van der Waals surface area contributed by atoms with Crippen LogP contribution in [-0.4, -0.2) is 46.8 Å². The summed E-state index contributed by atoms with van der Waals surface area (Å²) in [6.45, 7) is 5.40. The van der Waals surface area contributed by atoms with Gasteiger partial charge in [0.2, 0.25) is 11.5 Å². The highest BCUT2D eigenvalue weighted by molar-refractivity contribution is 5.96. The number of nitrogens with zero attached hydrogens (tertiary/aromatic N) is 3. The van der Waals surface area contributed by atoms with Crippen LogP contribution in [0, 0.1) is 0 Å². The first-order chi connectivity index (χ1) is 9.20. The van der Waals surface area contributed by atoms with Crippen molar-refractivity contribution in [2.24, 2.45) is 0 Å². The van der Waals surface area contributed by atoms with Crippen LogP contribution in [0.5, 0.6) is 0 Å². The van der Waals surface area contributed by atoms with Crippen LogP contribution < -0.4 is 11.1 Å². The summed E-state index contributed by atoms with van der Waals surface area (Å²) in [6, 6.07) is 0.182. The van der Waals surface area contributed by atoms with E-state index in [1.54, 1.807) is 0 Å². The first kappa shape index (κ1) is 13.8. The number of unbranched alkanes of at least 4 members (excludes halogenated alkanes) is 1. The molecule has 1 aromatic heterocycles. The lowest BCUT2D eigenvalue weighted by molar-refractivity contribution is 0.0901. The molecule has 0 unspecified atom stereocenters. The molecule has 7 nitrogen and oxygen atoms in total. The van der Waals surface area contributed by atoms with Gasteiger partial charge in [0.1, 0.15) is 0 Å². The third-order valence-electron chi connectivity index (χ3n) is 3.48. The van der Waals surface area contributed by atoms with Gasteiger partial charge in [-0.2, -0.15) is 0 Å². The molecule has 0 atom stereocenters. The summed E-state index contributed by atoms with van der Waals surface area (Å²) in [6.07, 6.45) is 4.37. The van der Waals surface area contributed by atoms with Crippen molar-refractivity contribution in [2.45, 2.75) is 38.6 Å². The van der Waals surface area contributed by atoms with Gasteiger partial charge in [-0.1, -0.05) is 13.3 Å². The number of amides is 1. The second-order valence-electron chi connectivity index (χ2n) is 4.94. The predicted molar refractivity (Wildman–Crippen MR) is 70.5 cm³/mol. The van der Waals surface area contributed by atoms with Gasteiger partial charge < -0.3 is 16.0 Å². The Balaban J connectivity index is 1.77. The van der Waals surface area contributed by atoms with Gasteiger partial charge in [0.15, 0.2) is 0 Å². The molecule has 2 rings (SSSR count). The molecule has 2 heterocycles. The fraction of sp³-hybridized carbons (Fsp3) is 0.750. The smallest absolute Gasteiger partial charge is 0.277 e. The monoisotopic (exact) mass is 267 g/mol. The average molecular weight is 267 g/mol. The molecule has 106 valence electrons. The number of anilines is 1. The number of likely N-dealkylation sites (tertiary alicyclic amines) is 1. The topological polar surface area (TPSA) is 97.3 Å². The van der Waals surface area contributed by atoms with Gasteiger partial charge in [0.05, 0.1) is 0 Å². The molecule has 1 fully saturated rings. The molecule has 3 N–H and O–H groups in total. The molecule has 1 aliphatic rings. The predicted octanol–water partition coefficient (Wildman–Crippen LogP) is 0.646. The summed E-state index contributed by atoms with van der Waals surface area (Å²) >= 11 is 0. The van der Waals surface area contributed by atoms with Crippen molar-refractivity contribution in [3.8, 4) is 0 Å². The number of hydrogen-bond acceptors (Lipinski definition) is 6. The van der Waals surface area contributed by atoms with Gasteiger partial charge in [-0.05, 0) is 36.1 Å². The maximum absolute atomic E-state index is 11.9.